The van der Waals surface area contributed by atoms with Gasteiger partial charge in [0.15, 0.2) is 0 Å². The number of nitrogens with one attached hydrogen (secondary N) is 2. The van der Waals surface area contributed by atoms with E-state index in [1.165, 1.54) is 16.5 Å². The summed E-state index contributed by atoms with van der Waals surface area (Å²) in [7, 11) is 0. The van der Waals surface area contributed by atoms with E-state index in [2.05, 4.69) is 79.3 Å². The van der Waals surface area contributed by atoms with Gasteiger partial charge in [-0.3, -0.25) is 5.10 Å². The molecule has 2 aromatic heterocycles. The van der Waals surface area contributed by atoms with E-state index < -0.39 is 0 Å². The summed E-state index contributed by atoms with van der Waals surface area (Å²) in [6.07, 6.45) is 3.94. The molecule has 0 fully saturated rings. The largest absolute Gasteiger partial charge is 0.342 e. The molecule has 4 heteroatoms. The molecule has 134 valence electrons. The van der Waals surface area contributed by atoms with Crippen molar-refractivity contribution in [2.75, 3.05) is 0 Å². The van der Waals surface area contributed by atoms with E-state index in [1.54, 1.807) is 0 Å². The SMILES string of the molecule is CC(C)c1ccc2nc(C(C)(C)CCc3ccc4[nH]ncc4c3)[nH]c2c1. The number of imidazole rings is 1. The van der Waals surface area contributed by atoms with Gasteiger partial charge in [-0.1, -0.05) is 39.8 Å². The quantitative estimate of drug-likeness (QED) is 0.503. The van der Waals surface area contributed by atoms with Crippen LogP contribution in [0.5, 0.6) is 0 Å². The zero-order chi connectivity index (χ0) is 18.3. The van der Waals surface area contributed by atoms with Crippen LogP contribution < -0.4 is 0 Å². The van der Waals surface area contributed by atoms with Crippen LogP contribution in [0, 0.1) is 0 Å². The third kappa shape index (κ3) is 3.12. The summed E-state index contributed by atoms with van der Waals surface area (Å²) in [6, 6.07) is 13.1. The summed E-state index contributed by atoms with van der Waals surface area (Å²) in [6.45, 7) is 8.98. The number of aromatic nitrogens is 4. The molecule has 2 aromatic carbocycles. The maximum absolute atomic E-state index is 4.87. The van der Waals surface area contributed by atoms with Gasteiger partial charge in [0.25, 0.3) is 0 Å². The molecule has 0 aliphatic rings. The van der Waals surface area contributed by atoms with Crippen LogP contribution in [-0.4, -0.2) is 20.2 Å². The molecule has 0 aliphatic carbocycles. The first kappa shape index (κ1) is 16.8. The fourth-order valence-electron chi connectivity index (χ4n) is 3.43. The maximum atomic E-state index is 4.87. The number of aryl methyl sites for hydroxylation is 1. The zero-order valence-electron chi connectivity index (χ0n) is 15.9. The minimum absolute atomic E-state index is 0.0115. The number of benzene rings is 2. The Bertz CT molecular complexity index is 1050. The third-order valence-electron chi connectivity index (χ3n) is 5.36. The minimum Gasteiger partial charge on any atom is -0.342 e. The molecule has 0 bridgehead atoms. The Morgan fingerprint density at radius 3 is 2.69 bits per heavy atom. The van der Waals surface area contributed by atoms with E-state index in [-0.39, 0.29) is 5.41 Å². The number of nitrogens with zero attached hydrogens (tertiary/aromatic N) is 2. The third-order valence-corrected chi connectivity index (χ3v) is 5.36. The van der Waals surface area contributed by atoms with Crippen molar-refractivity contribution in [1.82, 2.24) is 20.2 Å². The van der Waals surface area contributed by atoms with Crippen molar-refractivity contribution in [1.29, 1.82) is 0 Å². The maximum Gasteiger partial charge on any atom is 0.112 e. The number of hydrogen-bond donors (Lipinski definition) is 2. The molecule has 0 unspecified atom stereocenters. The number of H-pyrrole nitrogens is 2. The number of fused-ring (bicyclic) bond motifs is 2. The summed E-state index contributed by atoms with van der Waals surface area (Å²) in [5, 5.41) is 8.28. The lowest BCUT2D eigenvalue weighted by Crippen LogP contribution is -2.20. The van der Waals surface area contributed by atoms with E-state index in [0.29, 0.717) is 5.92 Å². The zero-order valence-corrected chi connectivity index (χ0v) is 15.9. The van der Waals surface area contributed by atoms with Crippen LogP contribution in [-0.2, 0) is 11.8 Å². The minimum atomic E-state index is -0.0115. The molecule has 0 aliphatic heterocycles. The predicted molar refractivity (Wildman–Crippen MR) is 108 cm³/mol. The lowest BCUT2D eigenvalue weighted by molar-refractivity contribution is 0.456. The molecule has 2 N–H and O–H groups in total. The van der Waals surface area contributed by atoms with Crippen molar-refractivity contribution in [3.05, 3.63) is 59.5 Å². The van der Waals surface area contributed by atoms with Gasteiger partial charge in [-0.2, -0.15) is 5.10 Å². The molecule has 4 nitrogen and oxygen atoms in total. The number of hydrogen-bond acceptors (Lipinski definition) is 2. The Morgan fingerprint density at radius 2 is 1.88 bits per heavy atom. The Hall–Kier alpha value is -2.62. The molecule has 0 amide bonds. The molecular weight excluding hydrogens is 320 g/mol. The van der Waals surface area contributed by atoms with E-state index in [1.807, 2.05) is 6.20 Å². The van der Waals surface area contributed by atoms with Gasteiger partial charge in [-0.05, 0) is 54.2 Å². The van der Waals surface area contributed by atoms with E-state index >= 15 is 0 Å². The second-order valence-electron chi connectivity index (χ2n) is 8.19. The van der Waals surface area contributed by atoms with Crippen LogP contribution in [0.1, 0.15) is 57.0 Å². The Balaban J connectivity index is 1.56. The highest BCUT2D eigenvalue weighted by molar-refractivity contribution is 5.78. The van der Waals surface area contributed by atoms with Gasteiger partial charge in [0.05, 0.1) is 22.7 Å². The van der Waals surface area contributed by atoms with E-state index in [4.69, 9.17) is 4.98 Å². The average molecular weight is 346 g/mol. The first-order valence-corrected chi connectivity index (χ1v) is 9.34. The smallest absolute Gasteiger partial charge is 0.112 e. The molecule has 26 heavy (non-hydrogen) atoms. The van der Waals surface area contributed by atoms with Crippen molar-refractivity contribution >= 4 is 21.9 Å². The van der Waals surface area contributed by atoms with Crippen LogP contribution in [0.25, 0.3) is 21.9 Å². The average Bonchev–Trinajstić information content (AvgIpc) is 3.25. The molecule has 4 rings (SSSR count). The molecule has 2 heterocycles. The van der Waals surface area contributed by atoms with Crippen LogP contribution in [0.4, 0.5) is 0 Å². The Morgan fingerprint density at radius 1 is 1.04 bits per heavy atom. The van der Waals surface area contributed by atoms with Crippen LogP contribution in [0.3, 0.4) is 0 Å². The highest BCUT2D eigenvalue weighted by atomic mass is 15.1. The van der Waals surface area contributed by atoms with Crippen molar-refractivity contribution in [3.63, 3.8) is 0 Å². The van der Waals surface area contributed by atoms with Gasteiger partial charge in [0, 0.05) is 10.8 Å². The lowest BCUT2D eigenvalue weighted by atomic mass is 9.85. The monoisotopic (exact) mass is 346 g/mol. The highest BCUT2D eigenvalue weighted by Crippen LogP contribution is 2.30. The molecule has 0 atom stereocenters. The lowest BCUT2D eigenvalue weighted by Gasteiger charge is -2.22. The normalized spacial score (nSPS) is 12.5. The van der Waals surface area contributed by atoms with Gasteiger partial charge < -0.3 is 4.98 Å². The topological polar surface area (TPSA) is 57.4 Å². The summed E-state index contributed by atoms with van der Waals surface area (Å²) in [5.74, 6) is 1.59. The first-order valence-electron chi connectivity index (χ1n) is 9.34. The molecular formula is C22H26N4. The molecule has 0 spiro atoms. The van der Waals surface area contributed by atoms with E-state index in [9.17, 15) is 0 Å². The summed E-state index contributed by atoms with van der Waals surface area (Å²) >= 11 is 0. The van der Waals surface area contributed by atoms with Crippen LogP contribution >= 0.6 is 0 Å². The van der Waals surface area contributed by atoms with Gasteiger partial charge in [-0.25, -0.2) is 4.98 Å². The van der Waals surface area contributed by atoms with Gasteiger partial charge in [0.2, 0.25) is 0 Å². The highest BCUT2D eigenvalue weighted by Gasteiger charge is 2.24. The second-order valence-corrected chi connectivity index (χ2v) is 8.19. The Kier molecular flexibility index (Phi) is 4.06. The van der Waals surface area contributed by atoms with Crippen molar-refractivity contribution in [2.45, 2.75) is 51.9 Å². The predicted octanol–water partition coefficient (Wildman–Crippen LogP) is 5.47. The summed E-state index contributed by atoms with van der Waals surface area (Å²) < 4.78 is 0. The van der Waals surface area contributed by atoms with Crippen molar-refractivity contribution in [3.8, 4) is 0 Å². The Labute approximate surface area is 154 Å². The van der Waals surface area contributed by atoms with Crippen LogP contribution in [0.2, 0.25) is 0 Å². The molecule has 0 saturated carbocycles. The standard InChI is InChI=1S/C22H26N4/c1-14(2)16-6-8-19-20(12-16)25-21(24-19)22(3,4)10-9-15-5-7-18-17(11-15)13-23-26-18/h5-8,11-14H,9-10H2,1-4H3,(H,23,26)(H,24,25). The number of rotatable bonds is 5. The molecule has 0 radical (unpaired) electrons. The van der Waals surface area contributed by atoms with Gasteiger partial charge in [-0.15, -0.1) is 0 Å². The summed E-state index contributed by atoms with van der Waals surface area (Å²) in [4.78, 5) is 8.44. The fourth-order valence-corrected chi connectivity index (χ4v) is 3.43. The van der Waals surface area contributed by atoms with Crippen molar-refractivity contribution < 1.29 is 0 Å². The van der Waals surface area contributed by atoms with E-state index in [0.717, 1.165) is 35.2 Å². The number of aromatic amines is 2. The second kappa shape index (κ2) is 6.27. The fraction of sp³-hybridized carbons (Fsp3) is 0.364. The first-order chi connectivity index (χ1) is 12.4. The molecule has 0 saturated heterocycles. The van der Waals surface area contributed by atoms with Gasteiger partial charge in [0.1, 0.15) is 5.82 Å². The molecule has 4 aromatic rings. The van der Waals surface area contributed by atoms with Crippen molar-refractivity contribution in [2.24, 2.45) is 0 Å². The van der Waals surface area contributed by atoms with Crippen LogP contribution in [0.15, 0.2) is 42.6 Å². The summed E-state index contributed by atoms with van der Waals surface area (Å²) in [5.41, 5.74) is 5.95. The van der Waals surface area contributed by atoms with Gasteiger partial charge >= 0.3 is 0 Å².